The Kier molecular flexibility index (Phi) is 8.58. The van der Waals surface area contributed by atoms with E-state index >= 15 is 0 Å². The molecule has 3 aromatic rings. The van der Waals surface area contributed by atoms with Gasteiger partial charge < -0.3 is 29.0 Å². The Labute approximate surface area is 248 Å². The average molecular weight is 599 g/mol. The summed E-state index contributed by atoms with van der Waals surface area (Å²) in [4.78, 5) is 52.4. The van der Waals surface area contributed by atoms with E-state index in [4.69, 9.17) is 4.74 Å². The van der Waals surface area contributed by atoms with Gasteiger partial charge in [-0.3, -0.25) is 9.69 Å². The summed E-state index contributed by atoms with van der Waals surface area (Å²) < 4.78 is 33.7. The van der Waals surface area contributed by atoms with Gasteiger partial charge in [-0.05, 0) is 27.7 Å². The zero-order chi connectivity index (χ0) is 30.9. The highest BCUT2D eigenvalue weighted by Crippen LogP contribution is 2.25. The third-order valence-corrected chi connectivity index (χ3v) is 7.22. The van der Waals surface area contributed by atoms with E-state index in [1.807, 2.05) is 20.8 Å². The molecular weight excluding hydrogens is 562 g/mol. The first-order valence-corrected chi connectivity index (χ1v) is 14.2. The lowest BCUT2D eigenvalue weighted by Crippen LogP contribution is -2.57. The number of ether oxygens (including phenoxy) is 1. The number of aromatic nitrogens is 4. The highest BCUT2D eigenvalue weighted by Gasteiger charge is 2.34. The molecule has 0 spiro atoms. The van der Waals surface area contributed by atoms with Crippen molar-refractivity contribution in [1.82, 2.24) is 29.2 Å². The number of amides is 2. The van der Waals surface area contributed by atoms with Gasteiger partial charge in [-0.1, -0.05) is 0 Å². The minimum absolute atomic E-state index is 0.00696. The molecule has 2 amide bonds. The van der Waals surface area contributed by atoms with E-state index in [9.17, 15) is 23.2 Å². The van der Waals surface area contributed by atoms with Gasteiger partial charge in [0.25, 0.3) is 5.91 Å². The number of halogens is 2. The number of nitrogens with one attached hydrogen (secondary N) is 1. The van der Waals surface area contributed by atoms with E-state index in [0.29, 0.717) is 49.3 Å². The molecule has 43 heavy (non-hydrogen) atoms. The summed E-state index contributed by atoms with van der Waals surface area (Å²) in [6.45, 7) is 11.9. The molecule has 12 nitrogen and oxygen atoms in total. The maximum Gasteiger partial charge on any atom is 0.410 e. The highest BCUT2D eigenvalue weighted by molar-refractivity contribution is 6.02. The van der Waals surface area contributed by atoms with Crippen LogP contribution in [0.25, 0.3) is 5.65 Å². The number of aldehydes is 1. The normalized spacial score (nSPS) is 17.8. The summed E-state index contributed by atoms with van der Waals surface area (Å²) in [7, 11) is 0. The van der Waals surface area contributed by atoms with E-state index in [0.717, 1.165) is 25.9 Å². The Hall–Kier alpha value is -4.20. The zero-order valence-electron chi connectivity index (χ0n) is 24.7. The lowest BCUT2D eigenvalue weighted by Gasteiger charge is -2.45. The Morgan fingerprint density at radius 1 is 1.09 bits per heavy atom. The van der Waals surface area contributed by atoms with Crippen molar-refractivity contribution < 1.29 is 27.9 Å². The van der Waals surface area contributed by atoms with Crippen LogP contribution in [-0.4, -0.2) is 105 Å². The largest absolute Gasteiger partial charge is 0.444 e. The molecule has 0 bridgehead atoms. The van der Waals surface area contributed by atoms with Crippen LogP contribution in [-0.2, 0) is 9.53 Å². The van der Waals surface area contributed by atoms with Crippen molar-refractivity contribution in [2.24, 2.45) is 11.8 Å². The third kappa shape index (κ3) is 7.42. The number of likely N-dealkylation sites (tertiary alicyclic amines) is 2. The van der Waals surface area contributed by atoms with Gasteiger partial charge >= 0.3 is 6.09 Å². The minimum atomic E-state index is -0.673. The van der Waals surface area contributed by atoms with Crippen LogP contribution in [0, 0.1) is 24.6 Å². The predicted octanol–water partition coefficient (Wildman–Crippen LogP) is 2.97. The van der Waals surface area contributed by atoms with Crippen LogP contribution in [0.5, 0.6) is 0 Å². The molecule has 0 saturated carbocycles. The Balaban J connectivity index is 0.000000239. The molecule has 230 valence electrons. The van der Waals surface area contributed by atoms with Gasteiger partial charge in [0, 0.05) is 70.2 Å². The molecule has 14 heteroatoms. The van der Waals surface area contributed by atoms with Crippen molar-refractivity contribution in [1.29, 1.82) is 0 Å². The van der Waals surface area contributed by atoms with Crippen LogP contribution < -0.4 is 10.2 Å². The van der Waals surface area contributed by atoms with Crippen LogP contribution in [0.4, 0.5) is 25.1 Å². The van der Waals surface area contributed by atoms with Gasteiger partial charge in [-0.25, -0.2) is 28.5 Å². The monoisotopic (exact) mass is 598 g/mol. The first-order valence-electron chi connectivity index (χ1n) is 14.2. The molecule has 3 aliphatic rings. The molecule has 6 heterocycles. The first-order chi connectivity index (χ1) is 20.4. The van der Waals surface area contributed by atoms with Crippen molar-refractivity contribution in [3.05, 3.63) is 48.1 Å². The number of hydrogen-bond acceptors (Lipinski definition) is 9. The number of nitrogens with zero attached hydrogens (tertiary/aromatic N) is 7. The quantitative estimate of drug-likeness (QED) is 0.427. The maximum absolute atomic E-state index is 14.2. The molecule has 0 atom stereocenters. The van der Waals surface area contributed by atoms with Gasteiger partial charge in [0.15, 0.2) is 11.5 Å². The number of carbonyl (C=O) groups excluding carboxylic acids is 3. The fourth-order valence-corrected chi connectivity index (χ4v) is 5.01. The molecule has 3 aromatic heterocycles. The van der Waals surface area contributed by atoms with Crippen LogP contribution in [0.3, 0.4) is 0 Å². The molecule has 3 saturated heterocycles. The SMILES string of the molecule is CC(C)(C)OC(=O)N1CC(C=O)C1.Cc1cn2cc(NC(=O)c3cnc(N4CC(CN5CC(F)C5)C4)cn3)cc(F)c2n1. The second-order valence-electron chi connectivity index (χ2n) is 12.3. The van der Waals surface area contributed by atoms with E-state index in [2.05, 4.69) is 30.1 Å². The first kappa shape index (κ1) is 30.3. The standard InChI is InChI=1S/C20H21F2N7O.C9H15NO3/c1-12-5-29-11-15(2-16(22)19(29)25-12)26-20(30)17-3-24-18(4-23-17)28-7-13(8-28)6-27-9-14(21)10-27;1-9(2,3)13-8(12)10-4-7(5-10)6-11/h2-5,11,13-14H,6-10H2,1H3,(H,26,30);6-7H,4-5H2,1-3H3. The molecule has 0 unspecified atom stereocenters. The van der Waals surface area contributed by atoms with E-state index in [-0.39, 0.29) is 23.4 Å². The second kappa shape index (κ2) is 12.2. The van der Waals surface area contributed by atoms with Gasteiger partial charge in [-0.2, -0.15) is 0 Å². The molecule has 3 fully saturated rings. The molecule has 0 aliphatic carbocycles. The molecule has 1 N–H and O–H groups in total. The maximum atomic E-state index is 14.2. The minimum Gasteiger partial charge on any atom is -0.444 e. The molecule has 3 aliphatic heterocycles. The van der Waals surface area contributed by atoms with E-state index < -0.39 is 23.5 Å². The average Bonchev–Trinajstić information content (AvgIpc) is 3.24. The second-order valence-corrected chi connectivity index (χ2v) is 12.3. The van der Waals surface area contributed by atoms with Crippen molar-refractivity contribution in [2.45, 2.75) is 39.5 Å². The smallest absolute Gasteiger partial charge is 0.410 e. The number of aryl methyl sites for hydroxylation is 1. The molecular formula is C29H36F2N8O4. The summed E-state index contributed by atoms with van der Waals surface area (Å²) in [6, 6.07) is 1.23. The lowest BCUT2D eigenvalue weighted by atomic mass is 9.98. The Morgan fingerprint density at radius 3 is 2.42 bits per heavy atom. The summed E-state index contributed by atoms with van der Waals surface area (Å²) in [5.74, 6) is 0.224. The lowest BCUT2D eigenvalue weighted by molar-refractivity contribution is -0.115. The fourth-order valence-electron chi connectivity index (χ4n) is 5.01. The summed E-state index contributed by atoms with van der Waals surface area (Å²) in [6.07, 6.45) is 6.13. The van der Waals surface area contributed by atoms with Crippen molar-refractivity contribution >= 4 is 35.4 Å². The van der Waals surface area contributed by atoms with Gasteiger partial charge in [0.1, 0.15) is 29.6 Å². The number of pyridine rings is 1. The van der Waals surface area contributed by atoms with Crippen molar-refractivity contribution in [3.8, 4) is 0 Å². The summed E-state index contributed by atoms with van der Waals surface area (Å²) >= 11 is 0. The molecule has 6 rings (SSSR count). The van der Waals surface area contributed by atoms with Crippen LogP contribution in [0.1, 0.15) is 37.0 Å². The highest BCUT2D eigenvalue weighted by atomic mass is 19.1. The molecule has 0 aromatic carbocycles. The van der Waals surface area contributed by atoms with Crippen LogP contribution in [0.15, 0.2) is 30.9 Å². The van der Waals surface area contributed by atoms with E-state index in [1.54, 1.807) is 25.5 Å². The van der Waals surface area contributed by atoms with E-state index in [1.165, 1.54) is 21.6 Å². The number of carbonyl (C=O) groups is 3. The number of hydrogen-bond donors (Lipinski definition) is 1. The number of fused-ring (bicyclic) bond motifs is 1. The summed E-state index contributed by atoms with van der Waals surface area (Å²) in [5, 5.41) is 2.64. The number of alkyl halides is 1. The Morgan fingerprint density at radius 2 is 1.81 bits per heavy atom. The third-order valence-electron chi connectivity index (χ3n) is 7.22. The number of rotatable bonds is 6. The summed E-state index contributed by atoms with van der Waals surface area (Å²) in [5.41, 5.74) is 0.890. The predicted molar refractivity (Wildman–Crippen MR) is 154 cm³/mol. The van der Waals surface area contributed by atoms with Gasteiger partial charge in [0.05, 0.1) is 29.7 Å². The van der Waals surface area contributed by atoms with Crippen molar-refractivity contribution in [3.63, 3.8) is 0 Å². The van der Waals surface area contributed by atoms with Gasteiger partial charge in [0.2, 0.25) is 0 Å². The Bertz CT molecular complexity index is 1470. The van der Waals surface area contributed by atoms with Gasteiger partial charge in [-0.15, -0.1) is 0 Å². The topological polar surface area (TPSA) is 125 Å². The van der Waals surface area contributed by atoms with Crippen LogP contribution >= 0.6 is 0 Å². The zero-order valence-corrected chi connectivity index (χ0v) is 24.7. The number of anilines is 2. The number of imidazole rings is 1. The molecule has 0 radical (unpaired) electrons. The van der Waals surface area contributed by atoms with Crippen LogP contribution in [0.2, 0.25) is 0 Å². The van der Waals surface area contributed by atoms with Crippen molar-refractivity contribution in [2.75, 3.05) is 56.0 Å². The fraction of sp³-hybridized carbons (Fsp3) is 0.517.